The SMILES string of the molecule is COc1cc2n[nH]nc2cc1C(=O)Nc1ccc(N2CCCC2)c(F)c1. The van der Waals surface area contributed by atoms with Gasteiger partial charge < -0.3 is 15.0 Å². The maximum Gasteiger partial charge on any atom is 0.259 e. The number of ether oxygens (including phenoxy) is 1. The molecule has 0 unspecified atom stereocenters. The highest BCUT2D eigenvalue weighted by Crippen LogP contribution is 2.28. The number of benzene rings is 2. The third kappa shape index (κ3) is 2.94. The first-order valence-electron chi connectivity index (χ1n) is 8.40. The molecule has 1 aliphatic rings. The number of nitrogens with one attached hydrogen (secondary N) is 2. The van der Waals surface area contributed by atoms with Crippen molar-refractivity contribution in [3.05, 3.63) is 41.7 Å². The predicted octanol–water partition coefficient (Wildman–Crippen LogP) is 2.96. The molecule has 0 radical (unpaired) electrons. The van der Waals surface area contributed by atoms with Crippen LogP contribution in [-0.4, -0.2) is 41.5 Å². The second kappa shape index (κ2) is 6.62. The van der Waals surface area contributed by atoms with Gasteiger partial charge in [0.05, 0.1) is 18.4 Å². The molecule has 0 aliphatic carbocycles. The average Bonchev–Trinajstić information content (AvgIpc) is 3.32. The number of methoxy groups -OCH3 is 1. The summed E-state index contributed by atoms with van der Waals surface area (Å²) in [5.74, 6) is -0.373. The van der Waals surface area contributed by atoms with Gasteiger partial charge in [-0.1, -0.05) is 0 Å². The number of fused-ring (bicyclic) bond motifs is 1. The number of aromatic nitrogens is 3. The quantitative estimate of drug-likeness (QED) is 0.752. The summed E-state index contributed by atoms with van der Waals surface area (Å²) in [6.45, 7) is 1.72. The smallest absolute Gasteiger partial charge is 0.259 e. The molecule has 0 bridgehead atoms. The van der Waals surface area contributed by atoms with Crippen molar-refractivity contribution < 1.29 is 13.9 Å². The van der Waals surface area contributed by atoms with Gasteiger partial charge in [-0.15, -0.1) is 0 Å². The molecular formula is C18H18FN5O2. The van der Waals surface area contributed by atoms with Crippen molar-refractivity contribution in [1.82, 2.24) is 15.4 Å². The third-order valence-corrected chi connectivity index (χ3v) is 4.53. The number of aromatic amines is 1. The van der Waals surface area contributed by atoms with Crippen LogP contribution >= 0.6 is 0 Å². The maximum absolute atomic E-state index is 14.4. The fourth-order valence-corrected chi connectivity index (χ4v) is 3.21. The minimum atomic E-state index is -0.403. The zero-order valence-electron chi connectivity index (χ0n) is 14.3. The van der Waals surface area contributed by atoms with Crippen LogP contribution in [0.15, 0.2) is 30.3 Å². The molecule has 1 aromatic heterocycles. The Hall–Kier alpha value is -3.16. The molecule has 1 fully saturated rings. The molecule has 1 amide bonds. The lowest BCUT2D eigenvalue weighted by Gasteiger charge is -2.19. The lowest BCUT2D eigenvalue weighted by atomic mass is 10.1. The molecule has 2 heterocycles. The van der Waals surface area contributed by atoms with Gasteiger partial charge in [-0.2, -0.15) is 15.4 Å². The maximum atomic E-state index is 14.4. The van der Waals surface area contributed by atoms with Gasteiger partial charge in [-0.3, -0.25) is 4.79 Å². The first-order chi connectivity index (χ1) is 12.7. The standard InChI is InChI=1S/C18H18FN5O2/c1-26-17-10-15-14(21-23-22-15)9-12(17)18(25)20-11-4-5-16(13(19)8-11)24-6-2-3-7-24/h4-5,8-10H,2-3,6-7H2,1H3,(H,20,25)(H,21,22,23). The third-order valence-electron chi connectivity index (χ3n) is 4.53. The predicted molar refractivity (Wildman–Crippen MR) is 96.2 cm³/mol. The Labute approximate surface area is 149 Å². The minimum absolute atomic E-state index is 0.304. The van der Waals surface area contributed by atoms with Gasteiger partial charge in [-0.05, 0) is 37.1 Å². The zero-order chi connectivity index (χ0) is 18.1. The van der Waals surface area contributed by atoms with Crippen LogP contribution in [0.2, 0.25) is 0 Å². The molecule has 134 valence electrons. The van der Waals surface area contributed by atoms with Gasteiger partial charge in [0.25, 0.3) is 5.91 Å². The van der Waals surface area contributed by atoms with Crippen LogP contribution in [0.4, 0.5) is 15.8 Å². The van der Waals surface area contributed by atoms with Crippen molar-refractivity contribution in [2.24, 2.45) is 0 Å². The van der Waals surface area contributed by atoms with Crippen LogP contribution in [0.5, 0.6) is 5.75 Å². The zero-order valence-corrected chi connectivity index (χ0v) is 14.3. The molecule has 4 rings (SSSR count). The number of hydrogen-bond donors (Lipinski definition) is 2. The molecule has 0 saturated carbocycles. The Morgan fingerprint density at radius 1 is 1.19 bits per heavy atom. The lowest BCUT2D eigenvalue weighted by molar-refractivity contribution is 0.102. The van der Waals surface area contributed by atoms with Gasteiger partial charge in [0, 0.05) is 24.8 Å². The normalized spacial score (nSPS) is 14.0. The van der Waals surface area contributed by atoms with Gasteiger partial charge >= 0.3 is 0 Å². The Morgan fingerprint density at radius 2 is 1.92 bits per heavy atom. The Kier molecular flexibility index (Phi) is 4.16. The van der Waals surface area contributed by atoms with Gasteiger partial charge in [0.15, 0.2) is 0 Å². The van der Waals surface area contributed by atoms with Gasteiger partial charge in [-0.25, -0.2) is 4.39 Å². The molecular weight excluding hydrogens is 337 g/mol. The highest BCUT2D eigenvalue weighted by molar-refractivity contribution is 6.08. The van der Waals surface area contributed by atoms with Crippen molar-refractivity contribution in [2.45, 2.75) is 12.8 Å². The molecule has 0 atom stereocenters. The molecule has 8 heteroatoms. The number of carbonyl (C=O) groups excluding carboxylic acids is 1. The van der Waals surface area contributed by atoms with E-state index in [2.05, 4.69) is 20.7 Å². The number of rotatable bonds is 4. The average molecular weight is 355 g/mol. The first-order valence-corrected chi connectivity index (χ1v) is 8.40. The van der Waals surface area contributed by atoms with E-state index >= 15 is 0 Å². The second-order valence-corrected chi connectivity index (χ2v) is 6.18. The van der Waals surface area contributed by atoms with Crippen LogP contribution in [0.3, 0.4) is 0 Å². The number of amides is 1. The Balaban J connectivity index is 1.59. The number of nitrogens with zero attached hydrogens (tertiary/aromatic N) is 3. The number of carbonyl (C=O) groups is 1. The number of hydrogen-bond acceptors (Lipinski definition) is 5. The van der Waals surface area contributed by atoms with E-state index in [1.807, 2.05) is 4.90 Å². The lowest BCUT2D eigenvalue weighted by Crippen LogP contribution is -2.19. The monoisotopic (exact) mass is 355 g/mol. The van der Waals surface area contributed by atoms with Crippen molar-refractivity contribution in [1.29, 1.82) is 0 Å². The van der Waals surface area contributed by atoms with Gasteiger partial charge in [0.1, 0.15) is 22.6 Å². The molecule has 26 heavy (non-hydrogen) atoms. The van der Waals surface area contributed by atoms with Gasteiger partial charge in [0.2, 0.25) is 0 Å². The largest absolute Gasteiger partial charge is 0.496 e. The number of H-pyrrole nitrogens is 1. The fraction of sp³-hybridized carbons (Fsp3) is 0.278. The molecule has 2 aromatic carbocycles. The highest BCUT2D eigenvalue weighted by Gasteiger charge is 2.18. The molecule has 3 aromatic rings. The topological polar surface area (TPSA) is 83.1 Å². The Bertz CT molecular complexity index is 965. The van der Waals surface area contributed by atoms with Crippen molar-refractivity contribution >= 4 is 28.3 Å². The van der Waals surface area contributed by atoms with Crippen molar-refractivity contribution in [2.75, 3.05) is 30.4 Å². The van der Waals surface area contributed by atoms with Crippen LogP contribution in [0.1, 0.15) is 23.2 Å². The number of anilines is 2. The van der Waals surface area contributed by atoms with E-state index in [4.69, 9.17) is 4.74 Å². The van der Waals surface area contributed by atoms with Crippen molar-refractivity contribution in [3.63, 3.8) is 0 Å². The van der Waals surface area contributed by atoms with Crippen LogP contribution in [0, 0.1) is 5.82 Å². The van der Waals surface area contributed by atoms with E-state index in [1.165, 1.54) is 13.2 Å². The Morgan fingerprint density at radius 3 is 2.62 bits per heavy atom. The van der Waals surface area contributed by atoms with E-state index in [1.54, 1.807) is 24.3 Å². The molecule has 1 aliphatic heterocycles. The summed E-state index contributed by atoms with van der Waals surface area (Å²) in [4.78, 5) is 14.6. The summed E-state index contributed by atoms with van der Waals surface area (Å²) in [5, 5.41) is 13.2. The van der Waals surface area contributed by atoms with E-state index in [-0.39, 0.29) is 5.82 Å². The first kappa shape index (κ1) is 16.3. The second-order valence-electron chi connectivity index (χ2n) is 6.18. The number of halogens is 1. The molecule has 7 nitrogen and oxygen atoms in total. The van der Waals surface area contributed by atoms with Crippen LogP contribution < -0.4 is 15.0 Å². The summed E-state index contributed by atoms with van der Waals surface area (Å²) >= 11 is 0. The summed E-state index contributed by atoms with van der Waals surface area (Å²) in [6, 6.07) is 7.96. The molecule has 0 spiro atoms. The summed E-state index contributed by atoms with van der Waals surface area (Å²) < 4.78 is 19.7. The summed E-state index contributed by atoms with van der Waals surface area (Å²) in [6.07, 6.45) is 2.14. The summed E-state index contributed by atoms with van der Waals surface area (Å²) in [7, 11) is 1.47. The van der Waals surface area contributed by atoms with Crippen molar-refractivity contribution in [3.8, 4) is 5.75 Å². The highest BCUT2D eigenvalue weighted by atomic mass is 19.1. The van der Waals surface area contributed by atoms with Crippen LogP contribution in [-0.2, 0) is 0 Å². The minimum Gasteiger partial charge on any atom is -0.496 e. The van der Waals surface area contributed by atoms with E-state index < -0.39 is 5.91 Å². The van der Waals surface area contributed by atoms with E-state index in [9.17, 15) is 9.18 Å². The fourth-order valence-electron chi connectivity index (χ4n) is 3.21. The molecule has 1 saturated heterocycles. The van der Waals surface area contributed by atoms with Crippen LogP contribution in [0.25, 0.3) is 11.0 Å². The van der Waals surface area contributed by atoms with E-state index in [0.717, 1.165) is 25.9 Å². The van der Waals surface area contributed by atoms with E-state index in [0.29, 0.717) is 33.7 Å². The molecule has 2 N–H and O–H groups in total. The summed E-state index contributed by atoms with van der Waals surface area (Å²) in [5.41, 5.74) is 2.41.